The summed E-state index contributed by atoms with van der Waals surface area (Å²) in [4.78, 5) is 16.1. The lowest BCUT2D eigenvalue weighted by Crippen LogP contribution is -2.20. The molecule has 1 aromatic heterocycles. The van der Waals surface area contributed by atoms with Crippen molar-refractivity contribution in [1.29, 1.82) is 0 Å². The first kappa shape index (κ1) is 16.0. The van der Waals surface area contributed by atoms with E-state index in [0.717, 1.165) is 5.56 Å². The smallest absolute Gasteiger partial charge is 0.262 e. The first-order valence-corrected chi connectivity index (χ1v) is 7.57. The van der Waals surface area contributed by atoms with Crippen LogP contribution in [-0.4, -0.2) is 22.7 Å². The Morgan fingerprint density at radius 1 is 1.17 bits per heavy atom. The second-order valence-corrected chi connectivity index (χ2v) is 5.45. The zero-order chi connectivity index (χ0) is 16.9. The number of rotatable bonds is 5. The van der Waals surface area contributed by atoms with Crippen LogP contribution in [0.3, 0.4) is 0 Å². The normalized spacial score (nSPS) is 10.4. The number of nitrogens with zero attached hydrogens (tertiary/aromatic N) is 2. The number of hydrogen-bond donors (Lipinski definition) is 1. The number of aryl methyl sites for hydroxylation is 1. The van der Waals surface area contributed by atoms with Gasteiger partial charge in [0.25, 0.3) is 11.8 Å². The summed E-state index contributed by atoms with van der Waals surface area (Å²) in [6.07, 6.45) is 0. The van der Waals surface area contributed by atoms with E-state index in [1.54, 1.807) is 55.5 Å². The molecule has 0 aliphatic rings. The summed E-state index contributed by atoms with van der Waals surface area (Å²) in [5.74, 6) is 1.33. The molecular weight excluding hydrogens is 330 g/mol. The molecule has 0 aliphatic carbocycles. The fourth-order valence-electron chi connectivity index (χ4n) is 1.99. The van der Waals surface area contributed by atoms with Gasteiger partial charge in [0.1, 0.15) is 5.75 Å². The van der Waals surface area contributed by atoms with Crippen LogP contribution in [0.1, 0.15) is 5.82 Å². The third kappa shape index (κ3) is 4.11. The van der Waals surface area contributed by atoms with Crippen molar-refractivity contribution in [3.8, 4) is 17.2 Å². The molecule has 1 amide bonds. The summed E-state index contributed by atoms with van der Waals surface area (Å²) in [6, 6.07) is 13.9. The van der Waals surface area contributed by atoms with Crippen molar-refractivity contribution >= 4 is 23.2 Å². The van der Waals surface area contributed by atoms with Crippen LogP contribution in [0.2, 0.25) is 5.02 Å². The molecule has 0 spiro atoms. The molecule has 0 atom stereocenters. The van der Waals surface area contributed by atoms with Crippen LogP contribution in [0.4, 0.5) is 5.69 Å². The summed E-state index contributed by atoms with van der Waals surface area (Å²) in [6.45, 7) is 1.66. The van der Waals surface area contributed by atoms with Gasteiger partial charge in [-0.3, -0.25) is 4.79 Å². The molecule has 1 N–H and O–H groups in total. The van der Waals surface area contributed by atoms with E-state index in [9.17, 15) is 4.79 Å². The van der Waals surface area contributed by atoms with Gasteiger partial charge in [-0.15, -0.1) is 0 Å². The van der Waals surface area contributed by atoms with Crippen molar-refractivity contribution < 1.29 is 14.1 Å². The standard InChI is InChI=1S/C17H14ClN3O3/c1-11-19-17(24-21-11)12-2-6-14(7-3-12)20-16(22)10-23-15-8-4-13(18)5-9-15/h2-9H,10H2,1H3,(H,20,22). The van der Waals surface area contributed by atoms with Gasteiger partial charge in [-0.1, -0.05) is 16.8 Å². The summed E-state index contributed by atoms with van der Waals surface area (Å²) in [5, 5.41) is 7.11. The largest absolute Gasteiger partial charge is 0.484 e. The lowest BCUT2D eigenvalue weighted by molar-refractivity contribution is -0.118. The second kappa shape index (κ2) is 7.14. The van der Waals surface area contributed by atoms with Crippen LogP contribution < -0.4 is 10.1 Å². The molecule has 7 heteroatoms. The van der Waals surface area contributed by atoms with Gasteiger partial charge in [0.05, 0.1) is 0 Å². The monoisotopic (exact) mass is 343 g/mol. The third-order valence-corrected chi connectivity index (χ3v) is 3.38. The van der Waals surface area contributed by atoms with E-state index in [-0.39, 0.29) is 12.5 Å². The molecular formula is C17H14ClN3O3. The van der Waals surface area contributed by atoms with Crippen molar-refractivity contribution in [3.05, 3.63) is 59.4 Å². The van der Waals surface area contributed by atoms with Crippen LogP contribution in [0.5, 0.6) is 5.75 Å². The fourth-order valence-corrected chi connectivity index (χ4v) is 2.11. The molecule has 0 unspecified atom stereocenters. The van der Waals surface area contributed by atoms with Gasteiger partial charge >= 0.3 is 0 Å². The molecule has 122 valence electrons. The Morgan fingerprint density at radius 3 is 2.50 bits per heavy atom. The third-order valence-electron chi connectivity index (χ3n) is 3.13. The number of aromatic nitrogens is 2. The Morgan fingerprint density at radius 2 is 1.88 bits per heavy atom. The maximum absolute atomic E-state index is 11.9. The van der Waals surface area contributed by atoms with Crippen molar-refractivity contribution in [2.75, 3.05) is 11.9 Å². The highest BCUT2D eigenvalue weighted by Crippen LogP contribution is 2.20. The van der Waals surface area contributed by atoms with Crippen LogP contribution in [0.15, 0.2) is 53.1 Å². The summed E-state index contributed by atoms with van der Waals surface area (Å²) < 4.78 is 10.5. The molecule has 0 saturated heterocycles. The van der Waals surface area contributed by atoms with E-state index in [1.165, 1.54) is 0 Å². The van der Waals surface area contributed by atoms with Crippen LogP contribution >= 0.6 is 11.6 Å². The van der Waals surface area contributed by atoms with Gasteiger partial charge in [0, 0.05) is 16.3 Å². The fraction of sp³-hybridized carbons (Fsp3) is 0.118. The average Bonchev–Trinajstić information content (AvgIpc) is 3.01. The van der Waals surface area contributed by atoms with Crippen molar-refractivity contribution in [3.63, 3.8) is 0 Å². The highest BCUT2D eigenvalue weighted by atomic mass is 35.5. The van der Waals surface area contributed by atoms with Gasteiger partial charge in [-0.2, -0.15) is 4.98 Å². The zero-order valence-electron chi connectivity index (χ0n) is 12.8. The topological polar surface area (TPSA) is 77.2 Å². The molecule has 3 rings (SSSR count). The maximum atomic E-state index is 11.9. The maximum Gasteiger partial charge on any atom is 0.262 e. The molecule has 0 radical (unpaired) electrons. The summed E-state index contributed by atoms with van der Waals surface area (Å²) in [7, 11) is 0. The summed E-state index contributed by atoms with van der Waals surface area (Å²) >= 11 is 5.79. The minimum atomic E-state index is -0.258. The first-order valence-electron chi connectivity index (χ1n) is 7.19. The lowest BCUT2D eigenvalue weighted by Gasteiger charge is -2.08. The number of amides is 1. The van der Waals surface area contributed by atoms with Gasteiger partial charge in [-0.05, 0) is 55.5 Å². The molecule has 24 heavy (non-hydrogen) atoms. The Balaban J connectivity index is 1.55. The highest BCUT2D eigenvalue weighted by Gasteiger charge is 2.07. The van der Waals surface area contributed by atoms with Gasteiger partial charge in [0.2, 0.25) is 0 Å². The Hall–Kier alpha value is -2.86. The number of halogens is 1. The molecule has 0 bridgehead atoms. The molecule has 6 nitrogen and oxygen atoms in total. The van der Waals surface area contributed by atoms with E-state index in [4.69, 9.17) is 20.9 Å². The van der Waals surface area contributed by atoms with E-state index in [0.29, 0.717) is 28.2 Å². The van der Waals surface area contributed by atoms with Crippen LogP contribution in [-0.2, 0) is 4.79 Å². The SMILES string of the molecule is Cc1noc(-c2ccc(NC(=O)COc3ccc(Cl)cc3)cc2)n1. The molecule has 3 aromatic rings. The van der Waals surface area contributed by atoms with E-state index >= 15 is 0 Å². The number of ether oxygens (including phenoxy) is 1. The van der Waals surface area contributed by atoms with Gasteiger partial charge in [0.15, 0.2) is 12.4 Å². The average molecular weight is 344 g/mol. The van der Waals surface area contributed by atoms with Gasteiger partial charge < -0.3 is 14.6 Å². The quantitative estimate of drug-likeness (QED) is 0.764. The Bertz CT molecular complexity index is 829. The number of anilines is 1. The summed E-state index contributed by atoms with van der Waals surface area (Å²) in [5.41, 5.74) is 1.44. The Kier molecular flexibility index (Phi) is 4.77. The molecule has 0 aliphatic heterocycles. The predicted molar refractivity (Wildman–Crippen MR) is 90.0 cm³/mol. The minimum absolute atomic E-state index is 0.0910. The Labute approximate surface area is 143 Å². The number of benzene rings is 2. The van der Waals surface area contributed by atoms with Crippen molar-refractivity contribution in [2.24, 2.45) is 0 Å². The number of hydrogen-bond acceptors (Lipinski definition) is 5. The first-order chi connectivity index (χ1) is 11.6. The van der Waals surface area contributed by atoms with Crippen molar-refractivity contribution in [2.45, 2.75) is 6.92 Å². The van der Waals surface area contributed by atoms with E-state index in [2.05, 4.69) is 15.5 Å². The molecule has 0 saturated carbocycles. The second-order valence-electron chi connectivity index (χ2n) is 5.01. The highest BCUT2D eigenvalue weighted by molar-refractivity contribution is 6.30. The minimum Gasteiger partial charge on any atom is -0.484 e. The van der Waals surface area contributed by atoms with Crippen LogP contribution in [0.25, 0.3) is 11.5 Å². The molecule has 1 heterocycles. The predicted octanol–water partition coefficient (Wildman–Crippen LogP) is 3.72. The zero-order valence-corrected chi connectivity index (χ0v) is 13.6. The number of carbonyl (C=O) groups excluding carboxylic acids is 1. The van der Waals surface area contributed by atoms with Gasteiger partial charge in [-0.25, -0.2) is 0 Å². The van der Waals surface area contributed by atoms with E-state index in [1.807, 2.05) is 0 Å². The number of carbonyl (C=O) groups is 1. The molecule has 2 aromatic carbocycles. The van der Waals surface area contributed by atoms with E-state index < -0.39 is 0 Å². The van der Waals surface area contributed by atoms with Crippen LogP contribution in [0, 0.1) is 6.92 Å². The lowest BCUT2D eigenvalue weighted by atomic mass is 10.2. The number of nitrogens with one attached hydrogen (secondary N) is 1. The molecule has 0 fully saturated rings. The van der Waals surface area contributed by atoms with Crippen molar-refractivity contribution in [1.82, 2.24) is 10.1 Å².